The number of hydrogen-bond acceptors (Lipinski definition) is 1. The number of fused-ring (bicyclic) bond motifs is 1. The number of halogens is 1. The van der Waals surface area contributed by atoms with Gasteiger partial charge in [0.05, 0.1) is 0 Å². The maximum absolute atomic E-state index is 2.57. The molecule has 1 heterocycles. The summed E-state index contributed by atoms with van der Waals surface area (Å²) in [6.45, 7) is 3.45. The molecule has 0 aliphatic carbocycles. The summed E-state index contributed by atoms with van der Waals surface area (Å²) in [6, 6.07) is 17.5. The molecule has 0 radical (unpaired) electrons. The highest BCUT2D eigenvalue weighted by Gasteiger charge is 2.19. The Morgan fingerprint density at radius 1 is 0.947 bits per heavy atom. The summed E-state index contributed by atoms with van der Waals surface area (Å²) in [4.78, 5) is 2.57. The Balaban J connectivity index is 1.53. The number of aryl methyl sites for hydroxylation is 1. The van der Waals surface area contributed by atoms with Crippen molar-refractivity contribution in [1.82, 2.24) is 4.90 Å². The van der Waals surface area contributed by atoms with Crippen molar-refractivity contribution in [1.29, 1.82) is 0 Å². The Hall–Kier alpha value is -0.870. The minimum atomic E-state index is 1.13. The quantitative estimate of drug-likeness (QED) is 0.735. The molecule has 0 amide bonds. The summed E-state index contributed by atoms with van der Waals surface area (Å²) < 4.78 is 1.42. The van der Waals surface area contributed by atoms with Gasteiger partial charge in [-0.3, -0.25) is 4.90 Å². The van der Waals surface area contributed by atoms with Crippen LogP contribution in [0.1, 0.15) is 23.1 Å². The molecule has 0 bridgehead atoms. The van der Waals surface area contributed by atoms with Gasteiger partial charge in [0.1, 0.15) is 0 Å². The van der Waals surface area contributed by atoms with Crippen LogP contribution in [0.5, 0.6) is 0 Å². The maximum Gasteiger partial charge on any atom is 0.0251 e. The van der Waals surface area contributed by atoms with Crippen molar-refractivity contribution in [2.75, 3.05) is 6.54 Å². The Morgan fingerprint density at radius 3 is 2.58 bits per heavy atom. The van der Waals surface area contributed by atoms with Gasteiger partial charge in [0.2, 0.25) is 0 Å². The molecule has 1 nitrogen and oxygen atoms in total. The summed E-state index contributed by atoms with van der Waals surface area (Å²) in [5.74, 6) is 0. The fourth-order valence-electron chi connectivity index (χ4n) is 2.76. The molecule has 1 aliphatic heterocycles. The monoisotopic (exact) mass is 363 g/mol. The molecule has 0 aromatic heterocycles. The van der Waals surface area contributed by atoms with Crippen LogP contribution in [0.4, 0.5) is 0 Å². The van der Waals surface area contributed by atoms with Crippen molar-refractivity contribution in [3.05, 3.63) is 68.8 Å². The first kappa shape index (κ1) is 13.1. The molecule has 2 aromatic rings. The second kappa shape index (κ2) is 6.06. The van der Waals surface area contributed by atoms with E-state index in [4.69, 9.17) is 0 Å². The largest absolute Gasteiger partial charge is 0.295 e. The zero-order valence-electron chi connectivity index (χ0n) is 11.0. The molecular formula is C17H18IN. The van der Waals surface area contributed by atoms with Gasteiger partial charge >= 0.3 is 0 Å². The number of rotatable bonds is 4. The summed E-state index contributed by atoms with van der Waals surface area (Å²) in [6.07, 6.45) is 2.43. The lowest BCUT2D eigenvalue weighted by atomic mass is 10.1. The first-order chi connectivity index (χ1) is 9.33. The molecule has 1 aliphatic rings. The van der Waals surface area contributed by atoms with Gasteiger partial charge in [-0.25, -0.2) is 0 Å². The average molecular weight is 363 g/mol. The predicted molar refractivity (Wildman–Crippen MR) is 88.0 cm³/mol. The Bertz CT molecular complexity index is 550. The predicted octanol–water partition coefficient (Wildman–Crippen LogP) is 4.24. The summed E-state index contributed by atoms with van der Waals surface area (Å²) in [7, 11) is 0. The first-order valence-corrected chi connectivity index (χ1v) is 7.93. The van der Waals surface area contributed by atoms with Gasteiger partial charge in [-0.05, 0) is 64.7 Å². The van der Waals surface area contributed by atoms with Crippen LogP contribution in [0.25, 0.3) is 0 Å². The standard InChI is InChI=1S/C17H18IN/c18-17-10-4-9-15-12-19(13-16(15)17)11-5-8-14-6-2-1-3-7-14/h1-4,6-7,9-10H,5,8,11-13H2. The topological polar surface area (TPSA) is 3.24 Å². The number of hydrogen-bond donors (Lipinski definition) is 0. The minimum absolute atomic E-state index is 1.13. The lowest BCUT2D eigenvalue weighted by Gasteiger charge is -2.14. The van der Waals surface area contributed by atoms with E-state index in [9.17, 15) is 0 Å². The third-order valence-electron chi connectivity index (χ3n) is 3.77. The second-order valence-corrected chi connectivity index (χ2v) is 6.34. The zero-order chi connectivity index (χ0) is 13.1. The molecule has 19 heavy (non-hydrogen) atoms. The van der Waals surface area contributed by atoms with E-state index in [-0.39, 0.29) is 0 Å². The lowest BCUT2D eigenvalue weighted by Crippen LogP contribution is -2.18. The zero-order valence-corrected chi connectivity index (χ0v) is 13.1. The Morgan fingerprint density at radius 2 is 1.79 bits per heavy atom. The van der Waals surface area contributed by atoms with Gasteiger partial charge in [-0.15, -0.1) is 0 Å². The van der Waals surface area contributed by atoms with Gasteiger partial charge in [0.25, 0.3) is 0 Å². The number of benzene rings is 2. The molecule has 0 spiro atoms. The van der Waals surface area contributed by atoms with Crippen molar-refractivity contribution in [2.24, 2.45) is 0 Å². The van der Waals surface area contributed by atoms with E-state index in [0.717, 1.165) is 13.1 Å². The maximum atomic E-state index is 2.57. The van der Waals surface area contributed by atoms with Crippen molar-refractivity contribution in [2.45, 2.75) is 25.9 Å². The molecule has 0 saturated heterocycles. The first-order valence-electron chi connectivity index (χ1n) is 6.85. The van der Waals surface area contributed by atoms with Gasteiger partial charge in [0, 0.05) is 16.7 Å². The van der Waals surface area contributed by atoms with E-state index >= 15 is 0 Å². The molecule has 98 valence electrons. The van der Waals surface area contributed by atoms with E-state index in [1.807, 2.05) is 0 Å². The van der Waals surface area contributed by atoms with Crippen molar-refractivity contribution >= 4 is 22.6 Å². The molecule has 0 unspecified atom stereocenters. The van der Waals surface area contributed by atoms with E-state index < -0.39 is 0 Å². The summed E-state index contributed by atoms with van der Waals surface area (Å²) in [5, 5.41) is 0. The van der Waals surface area contributed by atoms with Crippen molar-refractivity contribution in [3.63, 3.8) is 0 Å². The molecular weight excluding hydrogens is 345 g/mol. The van der Waals surface area contributed by atoms with E-state index in [1.54, 1.807) is 5.56 Å². The van der Waals surface area contributed by atoms with Crippen LogP contribution in [0.15, 0.2) is 48.5 Å². The van der Waals surface area contributed by atoms with Crippen LogP contribution < -0.4 is 0 Å². The number of nitrogens with zero attached hydrogens (tertiary/aromatic N) is 1. The van der Waals surface area contributed by atoms with Crippen molar-refractivity contribution in [3.8, 4) is 0 Å². The van der Waals surface area contributed by atoms with Crippen LogP contribution in [0, 0.1) is 3.57 Å². The van der Waals surface area contributed by atoms with Crippen molar-refractivity contribution < 1.29 is 0 Å². The van der Waals surface area contributed by atoms with Crippen LogP contribution in [0.2, 0.25) is 0 Å². The highest BCUT2D eigenvalue weighted by Crippen LogP contribution is 2.27. The van der Waals surface area contributed by atoms with Crippen LogP contribution >= 0.6 is 22.6 Å². The molecule has 3 rings (SSSR count). The Labute approximate surface area is 128 Å². The SMILES string of the molecule is Ic1cccc2c1CN(CCCc1ccccc1)C2. The molecule has 2 aromatic carbocycles. The normalized spacial score (nSPS) is 14.6. The van der Waals surface area contributed by atoms with E-state index in [0.29, 0.717) is 0 Å². The highest BCUT2D eigenvalue weighted by atomic mass is 127. The van der Waals surface area contributed by atoms with Gasteiger partial charge in [0.15, 0.2) is 0 Å². The van der Waals surface area contributed by atoms with Crippen LogP contribution in [-0.4, -0.2) is 11.4 Å². The smallest absolute Gasteiger partial charge is 0.0251 e. The highest BCUT2D eigenvalue weighted by molar-refractivity contribution is 14.1. The summed E-state index contributed by atoms with van der Waals surface area (Å²) >= 11 is 2.46. The lowest BCUT2D eigenvalue weighted by molar-refractivity contribution is 0.280. The van der Waals surface area contributed by atoms with Gasteiger partial charge < -0.3 is 0 Å². The fourth-order valence-corrected chi connectivity index (χ4v) is 3.48. The van der Waals surface area contributed by atoms with Crippen LogP contribution in [0.3, 0.4) is 0 Å². The molecule has 0 atom stereocenters. The van der Waals surface area contributed by atoms with E-state index in [1.165, 1.54) is 34.1 Å². The summed E-state index contributed by atoms with van der Waals surface area (Å²) in [5.41, 5.74) is 4.52. The third-order valence-corrected chi connectivity index (χ3v) is 4.78. The molecule has 2 heteroatoms. The second-order valence-electron chi connectivity index (χ2n) is 5.18. The van der Waals surface area contributed by atoms with E-state index in [2.05, 4.69) is 76.0 Å². The van der Waals surface area contributed by atoms with Crippen LogP contribution in [-0.2, 0) is 19.5 Å². The average Bonchev–Trinajstić information content (AvgIpc) is 2.84. The molecule has 0 fully saturated rings. The minimum Gasteiger partial charge on any atom is -0.295 e. The third kappa shape index (κ3) is 3.18. The molecule has 0 saturated carbocycles. The van der Waals surface area contributed by atoms with Gasteiger partial charge in [-0.1, -0.05) is 42.5 Å². The Kier molecular flexibility index (Phi) is 4.18. The molecule has 0 N–H and O–H groups in total. The fraction of sp³-hybridized carbons (Fsp3) is 0.294. The van der Waals surface area contributed by atoms with Gasteiger partial charge in [-0.2, -0.15) is 0 Å².